The molecule has 2 aromatic rings. The van der Waals surface area contributed by atoms with E-state index in [1.807, 2.05) is 18.2 Å². The fraction of sp³-hybridized carbons (Fsp3) is 0.300. The first-order valence-electron chi connectivity index (χ1n) is 8.68. The van der Waals surface area contributed by atoms with E-state index in [0.29, 0.717) is 35.7 Å². The molecule has 0 aliphatic rings. The molecule has 2 aromatic carbocycles. The number of hydrogen-bond donors (Lipinski definition) is 1. The van der Waals surface area contributed by atoms with E-state index in [4.69, 9.17) is 13.3 Å². The average molecular weight is 388 g/mol. The first-order chi connectivity index (χ1) is 13.0. The maximum Gasteiger partial charge on any atom is 0.500 e. The summed E-state index contributed by atoms with van der Waals surface area (Å²) in [7, 11) is 2.09. The summed E-state index contributed by atoms with van der Waals surface area (Å²) in [5, 5.41) is 2.86. The van der Waals surface area contributed by atoms with E-state index in [1.54, 1.807) is 57.7 Å². The molecule has 0 heterocycles. The lowest BCUT2D eigenvalue weighted by Crippen LogP contribution is -2.43. The van der Waals surface area contributed by atoms with Crippen LogP contribution < -0.4 is 5.32 Å². The highest BCUT2D eigenvalue weighted by Gasteiger charge is 2.36. The van der Waals surface area contributed by atoms with Crippen molar-refractivity contribution in [3.63, 3.8) is 0 Å². The van der Waals surface area contributed by atoms with Crippen molar-refractivity contribution in [3.8, 4) is 0 Å². The molecule has 0 saturated heterocycles. The summed E-state index contributed by atoms with van der Waals surface area (Å²) in [6, 6.07) is 16.3. The second-order valence-electron chi connectivity index (χ2n) is 5.93. The van der Waals surface area contributed by atoms with Crippen molar-refractivity contribution in [2.24, 2.45) is 0 Å². The summed E-state index contributed by atoms with van der Waals surface area (Å²) < 4.78 is 16.0. The van der Waals surface area contributed by atoms with Crippen LogP contribution in [0.4, 0.5) is 0 Å². The van der Waals surface area contributed by atoms with Crippen LogP contribution in [0.5, 0.6) is 0 Å². The summed E-state index contributed by atoms with van der Waals surface area (Å²) in [5.74, 6) is -0.254. The number of ketones is 1. The summed E-state index contributed by atoms with van der Waals surface area (Å²) in [6.07, 6.45) is 0.679. The molecule has 0 bridgehead atoms. The Morgan fingerprint density at radius 3 is 1.89 bits per heavy atom. The van der Waals surface area contributed by atoms with Crippen LogP contribution in [0.3, 0.4) is 0 Å². The number of hydrogen-bond acceptors (Lipinski definition) is 5. The highest BCUT2D eigenvalue weighted by molar-refractivity contribution is 6.60. The van der Waals surface area contributed by atoms with Crippen molar-refractivity contribution in [1.82, 2.24) is 5.32 Å². The summed E-state index contributed by atoms with van der Waals surface area (Å²) in [5.41, 5.74) is 1.68. The number of amides is 1. The number of rotatable bonds is 10. The first kappa shape index (κ1) is 21.0. The predicted octanol–water partition coefficient (Wildman–Crippen LogP) is 2.92. The SMILES string of the molecule is CO[Si](CCCNC(=O)c1ccc(C(=O)c2ccccc2)cc1)(OC)OC. The van der Waals surface area contributed by atoms with Crippen molar-refractivity contribution in [1.29, 1.82) is 0 Å². The van der Waals surface area contributed by atoms with E-state index in [9.17, 15) is 9.59 Å². The molecule has 0 saturated carbocycles. The van der Waals surface area contributed by atoms with Crippen LogP contribution >= 0.6 is 0 Å². The Morgan fingerprint density at radius 1 is 0.815 bits per heavy atom. The van der Waals surface area contributed by atoms with Crippen LogP contribution in [0, 0.1) is 0 Å². The van der Waals surface area contributed by atoms with Gasteiger partial charge in [0.15, 0.2) is 5.78 Å². The molecule has 1 N–H and O–H groups in total. The maximum absolute atomic E-state index is 12.4. The monoisotopic (exact) mass is 387 g/mol. The minimum atomic E-state index is -2.61. The van der Waals surface area contributed by atoms with E-state index in [2.05, 4.69) is 5.32 Å². The van der Waals surface area contributed by atoms with Crippen molar-refractivity contribution in [3.05, 3.63) is 71.3 Å². The molecule has 0 fully saturated rings. The van der Waals surface area contributed by atoms with Crippen LogP contribution in [-0.2, 0) is 13.3 Å². The minimum absolute atomic E-state index is 0.0671. The highest BCUT2D eigenvalue weighted by atomic mass is 28.4. The smallest absolute Gasteiger partial charge is 0.377 e. The molecule has 0 aromatic heterocycles. The van der Waals surface area contributed by atoms with E-state index < -0.39 is 8.80 Å². The zero-order valence-electron chi connectivity index (χ0n) is 15.9. The Morgan fingerprint density at radius 2 is 1.33 bits per heavy atom. The standard InChI is InChI=1S/C20H25NO5Si/c1-24-27(25-2,26-3)15-7-14-21-20(23)18-12-10-17(11-13-18)19(22)16-8-5-4-6-9-16/h4-6,8-13H,7,14-15H2,1-3H3,(H,21,23). The molecular weight excluding hydrogens is 362 g/mol. The molecule has 27 heavy (non-hydrogen) atoms. The van der Waals surface area contributed by atoms with Crippen LogP contribution in [-0.4, -0.2) is 48.4 Å². The molecule has 7 heteroatoms. The molecule has 2 rings (SSSR count). The fourth-order valence-corrected chi connectivity index (χ4v) is 4.42. The molecular formula is C20H25NO5Si. The van der Waals surface area contributed by atoms with Crippen LogP contribution in [0.25, 0.3) is 0 Å². The minimum Gasteiger partial charge on any atom is -0.377 e. The van der Waals surface area contributed by atoms with Gasteiger partial charge >= 0.3 is 8.80 Å². The van der Waals surface area contributed by atoms with Crippen molar-refractivity contribution < 1.29 is 22.9 Å². The number of carbonyl (C=O) groups excluding carboxylic acids is 2. The molecule has 0 atom stereocenters. The van der Waals surface area contributed by atoms with E-state index >= 15 is 0 Å². The van der Waals surface area contributed by atoms with Gasteiger partial charge in [-0.3, -0.25) is 9.59 Å². The zero-order valence-corrected chi connectivity index (χ0v) is 16.9. The lowest BCUT2D eigenvalue weighted by molar-refractivity contribution is 0.0948. The van der Waals surface area contributed by atoms with Gasteiger partial charge in [0.25, 0.3) is 5.91 Å². The van der Waals surface area contributed by atoms with E-state index in [1.165, 1.54) is 0 Å². The van der Waals surface area contributed by atoms with Gasteiger partial charge in [-0.1, -0.05) is 42.5 Å². The molecule has 144 valence electrons. The van der Waals surface area contributed by atoms with Gasteiger partial charge in [-0.15, -0.1) is 0 Å². The summed E-state index contributed by atoms with van der Waals surface area (Å²) in [4.78, 5) is 24.6. The molecule has 6 nitrogen and oxygen atoms in total. The van der Waals surface area contributed by atoms with Crippen molar-refractivity contribution in [2.45, 2.75) is 12.5 Å². The number of benzene rings is 2. The third-order valence-electron chi connectivity index (χ3n) is 4.32. The van der Waals surface area contributed by atoms with Gasteiger partial charge in [0.05, 0.1) is 0 Å². The van der Waals surface area contributed by atoms with Crippen molar-refractivity contribution in [2.75, 3.05) is 27.9 Å². The normalized spacial score (nSPS) is 11.2. The lowest BCUT2D eigenvalue weighted by Gasteiger charge is -2.24. The molecule has 0 aliphatic heterocycles. The predicted molar refractivity (Wildman–Crippen MR) is 105 cm³/mol. The Hall–Kier alpha value is -2.32. The number of carbonyl (C=O) groups is 2. The van der Waals surface area contributed by atoms with Crippen LogP contribution in [0.1, 0.15) is 32.7 Å². The molecule has 1 amide bonds. The van der Waals surface area contributed by atoms with Gasteiger partial charge in [0.1, 0.15) is 0 Å². The van der Waals surface area contributed by atoms with Gasteiger partial charge in [0.2, 0.25) is 0 Å². The molecule has 0 unspecified atom stereocenters. The van der Waals surface area contributed by atoms with Gasteiger partial charge in [-0.05, 0) is 18.6 Å². The third kappa shape index (κ3) is 5.57. The Labute approximate surface area is 160 Å². The van der Waals surface area contributed by atoms with Crippen molar-refractivity contribution >= 4 is 20.5 Å². The van der Waals surface area contributed by atoms with Gasteiger partial charge < -0.3 is 18.6 Å². The third-order valence-corrected chi connectivity index (χ3v) is 7.16. The van der Waals surface area contributed by atoms with Gasteiger partial charge in [-0.2, -0.15) is 0 Å². The topological polar surface area (TPSA) is 73.9 Å². The quantitative estimate of drug-likeness (QED) is 0.385. The fourth-order valence-electron chi connectivity index (χ4n) is 2.69. The Bertz CT molecular complexity index is 736. The first-order valence-corrected chi connectivity index (χ1v) is 10.6. The Balaban J connectivity index is 1.88. The van der Waals surface area contributed by atoms with E-state index in [0.717, 1.165) is 0 Å². The van der Waals surface area contributed by atoms with Crippen LogP contribution in [0.2, 0.25) is 6.04 Å². The highest BCUT2D eigenvalue weighted by Crippen LogP contribution is 2.15. The molecule has 0 radical (unpaired) electrons. The second-order valence-corrected chi connectivity index (χ2v) is 9.02. The molecule has 0 aliphatic carbocycles. The molecule has 0 spiro atoms. The maximum atomic E-state index is 12.4. The zero-order chi connectivity index (χ0) is 19.7. The summed E-state index contributed by atoms with van der Waals surface area (Å²) in [6.45, 7) is 0.481. The number of nitrogens with one attached hydrogen (secondary N) is 1. The van der Waals surface area contributed by atoms with Crippen LogP contribution in [0.15, 0.2) is 54.6 Å². The Kier molecular flexibility index (Phi) is 7.87. The van der Waals surface area contributed by atoms with Gasteiger partial charge in [0, 0.05) is 50.6 Å². The lowest BCUT2D eigenvalue weighted by atomic mass is 10.0. The van der Waals surface area contributed by atoms with E-state index in [-0.39, 0.29) is 11.7 Å². The second kappa shape index (κ2) is 10.1. The summed E-state index contributed by atoms with van der Waals surface area (Å²) >= 11 is 0. The van der Waals surface area contributed by atoms with Gasteiger partial charge in [-0.25, -0.2) is 0 Å². The largest absolute Gasteiger partial charge is 0.500 e. The average Bonchev–Trinajstić information content (AvgIpc) is 2.74.